The molecule has 0 rings (SSSR count). The van der Waals surface area contributed by atoms with Crippen LogP contribution < -0.4 is 0 Å². The maximum absolute atomic E-state index is 2.21. The van der Waals surface area contributed by atoms with Crippen LogP contribution in [0.3, 0.4) is 0 Å². The molecule has 0 saturated carbocycles. The SMILES string of the molecule is C[CH2][Hg].Cl.[H-].[H-].[Mg+2]. The molecule has 3 heteroatoms. The summed E-state index contributed by atoms with van der Waals surface area (Å²) in [5.41, 5.74) is 0. The van der Waals surface area contributed by atoms with Gasteiger partial charge in [0.15, 0.2) is 0 Å². The zero-order valence-electron chi connectivity index (χ0n) is 5.53. The Morgan fingerprint density at radius 3 is 1.80 bits per heavy atom. The Balaban J connectivity index is -0.00000000333. The smallest absolute Gasteiger partial charge is 1.00 e. The molecule has 0 radical (unpaired) electrons. The van der Waals surface area contributed by atoms with Crippen LogP contribution in [-0.2, 0) is 26.1 Å². The summed E-state index contributed by atoms with van der Waals surface area (Å²) >= 11 is 1.07. The Hall–Kier alpha value is 1.99. The van der Waals surface area contributed by atoms with E-state index in [-0.39, 0.29) is 38.3 Å². The molecule has 0 aliphatic carbocycles. The van der Waals surface area contributed by atoms with E-state index in [0.29, 0.717) is 0 Å². The van der Waals surface area contributed by atoms with E-state index in [1.54, 1.807) is 0 Å². The van der Waals surface area contributed by atoms with Crippen molar-refractivity contribution in [1.29, 1.82) is 0 Å². The van der Waals surface area contributed by atoms with Crippen molar-refractivity contribution < 1.29 is 29.0 Å². The van der Waals surface area contributed by atoms with Gasteiger partial charge in [-0.2, -0.15) is 0 Å². The third-order valence-electron chi connectivity index (χ3n) is 0. The van der Waals surface area contributed by atoms with E-state index in [1.165, 1.54) is 3.93 Å². The van der Waals surface area contributed by atoms with Crippen molar-refractivity contribution in [3.63, 3.8) is 0 Å². The van der Waals surface area contributed by atoms with E-state index in [9.17, 15) is 0 Å². The van der Waals surface area contributed by atoms with E-state index < -0.39 is 0 Å². The van der Waals surface area contributed by atoms with Crippen LogP contribution in [0, 0.1) is 0 Å². The topological polar surface area (TPSA) is 0 Å². The van der Waals surface area contributed by atoms with Crippen molar-refractivity contribution in [2.75, 3.05) is 0 Å². The molecule has 0 bridgehead atoms. The standard InChI is InChI=1S/C2H5.ClH.Hg.Mg.2H/c1-2;;;;;/h1H2,2H3;1H;;;;/q;;;+2;2*-1. The van der Waals surface area contributed by atoms with Crippen molar-refractivity contribution >= 4 is 35.5 Å². The van der Waals surface area contributed by atoms with Crippen molar-refractivity contribution in [2.24, 2.45) is 0 Å². The summed E-state index contributed by atoms with van der Waals surface area (Å²) in [5.74, 6) is 0. The summed E-state index contributed by atoms with van der Waals surface area (Å²) < 4.78 is 1.44. The maximum atomic E-state index is 2.21. The van der Waals surface area contributed by atoms with Crippen LogP contribution in [0.1, 0.15) is 9.78 Å². The number of rotatable bonds is 0. The van der Waals surface area contributed by atoms with Gasteiger partial charge in [-0.15, -0.1) is 12.4 Å². The van der Waals surface area contributed by atoms with E-state index >= 15 is 0 Å². The molecule has 0 aromatic rings. The quantitative estimate of drug-likeness (QED) is 0.589. The van der Waals surface area contributed by atoms with Crippen LogP contribution in [0.2, 0.25) is 3.93 Å². The van der Waals surface area contributed by atoms with Gasteiger partial charge in [-0.05, 0) is 0 Å². The molecule has 5 heavy (non-hydrogen) atoms. The van der Waals surface area contributed by atoms with Gasteiger partial charge in [-0.1, -0.05) is 0 Å². The first-order chi connectivity index (χ1) is 1.41. The van der Waals surface area contributed by atoms with E-state index in [0.717, 1.165) is 26.1 Å². The van der Waals surface area contributed by atoms with Gasteiger partial charge in [-0.3, -0.25) is 0 Å². The molecule has 0 unspecified atom stereocenters. The van der Waals surface area contributed by atoms with Crippen LogP contribution in [-0.4, -0.2) is 23.1 Å². The van der Waals surface area contributed by atoms with Gasteiger partial charge in [0.05, 0.1) is 0 Å². The van der Waals surface area contributed by atoms with Crippen LogP contribution in [0.15, 0.2) is 0 Å². The summed E-state index contributed by atoms with van der Waals surface area (Å²) in [4.78, 5) is 0. The molecule has 0 amide bonds. The Labute approximate surface area is 74.6 Å². The molecule has 0 spiro atoms. The van der Waals surface area contributed by atoms with Gasteiger partial charge in [0.25, 0.3) is 0 Å². The fourth-order valence-electron chi connectivity index (χ4n) is 0. The monoisotopic (exact) mass is 293 g/mol. The Morgan fingerprint density at radius 2 is 1.80 bits per heavy atom. The second kappa shape index (κ2) is 16.7. The summed E-state index contributed by atoms with van der Waals surface area (Å²) in [7, 11) is 0. The average Bonchev–Trinajstić information content (AvgIpc) is 0.918. The van der Waals surface area contributed by atoms with E-state index in [1.807, 2.05) is 0 Å². The Kier molecular flexibility index (Phi) is 52.6. The second-order valence-corrected chi connectivity index (χ2v) is 4.39. The average molecular weight is 292 g/mol. The molecular formula is C2H8ClHgMg. The molecule has 0 atom stereocenters. The molecule has 27 valence electrons. The van der Waals surface area contributed by atoms with E-state index in [2.05, 4.69) is 6.92 Å². The molecule has 0 heterocycles. The molecule has 0 fully saturated rings. The molecule has 0 nitrogen and oxygen atoms in total. The van der Waals surface area contributed by atoms with Gasteiger partial charge >= 0.3 is 60.0 Å². The molecule has 0 N–H and O–H groups in total. The number of halogens is 1. The first-order valence-electron chi connectivity index (χ1n) is 1.21. The summed E-state index contributed by atoms with van der Waals surface area (Å²) in [6.45, 7) is 2.21. The minimum atomic E-state index is 0. The minimum absolute atomic E-state index is 0. The molecular weight excluding hydrogens is 284 g/mol. The summed E-state index contributed by atoms with van der Waals surface area (Å²) in [6, 6.07) is 0. The zero-order valence-corrected chi connectivity index (χ0v) is 11.3. The normalized spacial score (nSPS) is 3.80. The van der Waals surface area contributed by atoms with Gasteiger partial charge in [0.2, 0.25) is 0 Å². The molecule has 0 aromatic heterocycles. The van der Waals surface area contributed by atoms with Crippen LogP contribution in [0.5, 0.6) is 0 Å². The van der Waals surface area contributed by atoms with Crippen molar-refractivity contribution in [3.05, 3.63) is 0 Å². The Bertz CT molecular complexity index is 15.7. The van der Waals surface area contributed by atoms with Gasteiger partial charge in [0, 0.05) is 0 Å². The minimum Gasteiger partial charge on any atom is -1.00 e. The van der Waals surface area contributed by atoms with Crippen molar-refractivity contribution in [3.8, 4) is 0 Å². The largest absolute Gasteiger partial charge is 2.00 e. The molecule has 0 aliphatic heterocycles. The van der Waals surface area contributed by atoms with E-state index in [4.69, 9.17) is 0 Å². The molecule has 0 aromatic carbocycles. The van der Waals surface area contributed by atoms with Crippen LogP contribution in [0.25, 0.3) is 0 Å². The number of hydrogen-bond acceptors (Lipinski definition) is 0. The third-order valence-corrected chi connectivity index (χ3v) is 0. The predicted molar refractivity (Wildman–Crippen MR) is 25.7 cm³/mol. The fourth-order valence-corrected chi connectivity index (χ4v) is 0. The van der Waals surface area contributed by atoms with Crippen LogP contribution in [0.4, 0.5) is 0 Å². The maximum Gasteiger partial charge on any atom is 2.00 e. The van der Waals surface area contributed by atoms with Crippen molar-refractivity contribution in [2.45, 2.75) is 10.9 Å². The fraction of sp³-hybridized carbons (Fsp3) is 1.00. The Morgan fingerprint density at radius 1 is 1.80 bits per heavy atom. The van der Waals surface area contributed by atoms with Gasteiger partial charge in [-0.25, -0.2) is 0 Å². The molecule has 0 aliphatic rings. The first kappa shape index (κ1) is 15.8. The van der Waals surface area contributed by atoms with Crippen molar-refractivity contribution in [1.82, 2.24) is 0 Å². The zero-order chi connectivity index (χ0) is 2.71. The first-order valence-corrected chi connectivity index (χ1v) is 5.09. The van der Waals surface area contributed by atoms with Crippen LogP contribution >= 0.6 is 12.4 Å². The van der Waals surface area contributed by atoms with Gasteiger partial charge < -0.3 is 2.85 Å². The van der Waals surface area contributed by atoms with Gasteiger partial charge in [0.1, 0.15) is 0 Å². The summed E-state index contributed by atoms with van der Waals surface area (Å²) in [5, 5.41) is 0. The predicted octanol–water partition coefficient (Wildman–Crippen LogP) is 1.24. The number of hydrogen-bond donors (Lipinski definition) is 0. The second-order valence-electron chi connectivity index (χ2n) is 0.500. The summed E-state index contributed by atoms with van der Waals surface area (Å²) in [6.07, 6.45) is 0. The third kappa shape index (κ3) is 24.1. The molecule has 0 saturated heterocycles.